The van der Waals surface area contributed by atoms with Crippen LogP contribution in [-0.4, -0.2) is 24.2 Å². The summed E-state index contributed by atoms with van der Waals surface area (Å²) in [5.74, 6) is 0.0541. The molecule has 3 N–H and O–H groups in total. The van der Waals surface area contributed by atoms with Crippen LogP contribution in [0.5, 0.6) is 5.75 Å². The number of amides is 1. The standard InChI is InChI=1S/C14H11Cl3N4O2/c1-23-8-4-2-7(3-5-8)6-19-21-14(22)12-9(15)11(18)10(16)13(17)20-12/h2-6H,1H3,(H2,18,20)(H,21,22)/b19-6+. The zero-order valence-electron chi connectivity index (χ0n) is 11.8. The number of hydrogen-bond donors (Lipinski definition) is 2. The summed E-state index contributed by atoms with van der Waals surface area (Å²) in [4.78, 5) is 15.8. The van der Waals surface area contributed by atoms with Gasteiger partial charge in [0.15, 0.2) is 10.8 Å². The smallest absolute Gasteiger partial charge is 0.291 e. The number of nitrogens with two attached hydrogens (primary N) is 1. The molecule has 120 valence electrons. The number of carbonyl (C=O) groups excluding carboxylic acids is 1. The van der Waals surface area contributed by atoms with Crippen molar-refractivity contribution in [1.29, 1.82) is 0 Å². The molecule has 0 saturated heterocycles. The Labute approximate surface area is 147 Å². The van der Waals surface area contributed by atoms with Crippen molar-refractivity contribution in [2.75, 3.05) is 12.8 Å². The maximum atomic E-state index is 12.0. The molecule has 2 rings (SSSR count). The number of hydrazone groups is 1. The highest BCUT2D eigenvalue weighted by Gasteiger charge is 2.19. The lowest BCUT2D eigenvalue weighted by atomic mass is 10.2. The number of nitrogens with zero attached hydrogens (tertiary/aromatic N) is 2. The molecule has 1 heterocycles. The van der Waals surface area contributed by atoms with E-state index in [1.54, 1.807) is 31.4 Å². The molecule has 0 radical (unpaired) electrons. The summed E-state index contributed by atoms with van der Waals surface area (Å²) in [6.07, 6.45) is 1.45. The van der Waals surface area contributed by atoms with Crippen molar-refractivity contribution >= 4 is 52.6 Å². The Kier molecular flexibility index (Phi) is 5.65. The van der Waals surface area contributed by atoms with Crippen molar-refractivity contribution < 1.29 is 9.53 Å². The van der Waals surface area contributed by atoms with E-state index in [2.05, 4.69) is 15.5 Å². The van der Waals surface area contributed by atoms with Gasteiger partial charge in [-0.25, -0.2) is 10.4 Å². The minimum absolute atomic E-state index is 0.00468. The van der Waals surface area contributed by atoms with Gasteiger partial charge in [-0.2, -0.15) is 5.10 Å². The quantitative estimate of drug-likeness (QED) is 0.488. The fraction of sp³-hybridized carbons (Fsp3) is 0.0714. The number of ether oxygens (including phenoxy) is 1. The van der Waals surface area contributed by atoms with E-state index in [1.807, 2.05) is 0 Å². The molecule has 0 saturated carbocycles. The molecule has 1 amide bonds. The van der Waals surface area contributed by atoms with E-state index in [4.69, 9.17) is 45.3 Å². The molecule has 0 unspecified atom stereocenters. The highest BCUT2D eigenvalue weighted by molar-refractivity contribution is 6.46. The first-order chi connectivity index (χ1) is 10.9. The van der Waals surface area contributed by atoms with Crippen molar-refractivity contribution in [3.8, 4) is 5.75 Å². The minimum atomic E-state index is -0.662. The third-order valence-corrected chi connectivity index (χ3v) is 3.92. The highest BCUT2D eigenvalue weighted by atomic mass is 35.5. The fourth-order valence-corrected chi connectivity index (χ4v) is 2.18. The number of anilines is 1. The van der Waals surface area contributed by atoms with Crippen molar-refractivity contribution in [3.05, 3.63) is 50.7 Å². The zero-order chi connectivity index (χ0) is 17.0. The van der Waals surface area contributed by atoms with Crippen LogP contribution in [0.4, 0.5) is 5.69 Å². The number of benzene rings is 1. The molecule has 0 bridgehead atoms. The number of hydrogen-bond acceptors (Lipinski definition) is 5. The van der Waals surface area contributed by atoms with Crippen LogP contribution in [0.15, 0.2) is 29.4 Å². The van der Waals surface area contributed by atoms with Crippen molar-refractivity contribution in [2.45, 2.75) is 0 Å². The van der Waals surface area contributed by atoms with E-state index in [9.17, 15) is 4.79 Å². The van der Waals surface area contributed by atoms with Gasteiger partial charge in [0.05, 0.1) is 24.0 Å². The second-order valence-electron chi connectivity index (χ2n) is 4.27. The Bertz CT molecular complexity index is 764. The van der Waals surface area contributed by atoms with Crippen LogP contribution in [0.1, 0.15) is 16.1 Å². The Morgan fingerprint density at radius 2 is 1.91 bits per heavy atom. The predicted octanol–water partition coefficient (Wildman–Crippen LogP) is 3.40. The SMILES string of the molecule is COc1ccc(/C=N/NC(=O)c2nc(Cl)c(Cl)c(N)c2Cl)cc1. The van der Waals surface area contributed by atoms with E-state index in [0.717, 1.165) is 5.56 Å². The van der Waals surface area contributed by atoms with Crippen LogP contribution < -0.4 is 15.9 Å². The number of aromatic nitrogens is 1. The number of nitrogens with one attached hydrogen (secondary N) is 1. The molecule has 2 aromatic rings. The van der Waals surface area contributed by atoms with Crippen molar-refractivity contribution in [3.63, 3.8) is 0 Å². The van der Waals surface area contributed by atoms with E-state index in [-0.39, 0.29) is 26.6 Å². The highest BCUT2D eigenvalue weighted by Crippen LogP contribution is 2.34. The van der Waals surface area contributed by atoms with Gasteiger partial charge in [0.2, 0.25) is 0 Å². The van der Waals surface area contributed by atoms with Gasteiger partial charge >= 0.3 is 0 Å². The predicted molar refractivity (Wildman–Crippen MR) is 91.7 cm³/mol. The van der Waals surface area contributed by atoms with Crippen LogP contribution >= 0.6 is 34.8 Å². The summed E-state index contributed by atoms with van der Waals surface area (Å²) in [7, 11) is 1.57. The third kappa shape index (κ3) is 4.04. The molecular weight excluding hydrogens is 363 g/mol. The molecule has 0 aliphatic heterocycles. The van der Waals surface area contributed by atoms with Crippen LogP contribution in [0, 0.1) is 0 Å². The molecule has 0 atom stereocenters. The maximum Gasteiger partial charge on any atom is 0.291 e. The van der Waals surface area contributed by atoms with Crippen LogP contribution in [0.25, 0.3) is 0 Å². The number of halogens is 3. The molecule has 0 aliphatic carbocycles. The summed E-state index contributed by atoms with van der Waals surface area (Å²) >= 11 is 17.5. The molecule has 1 aromatic carbocycles. The van der Waals surface area contributed by atoms with E-state index >= 15 is 0 Å². The Morgan fingerprint density at radius 3 is 2.52 bits per heavy atom. The lowest BCUT2D eigenvalue weighted by molar-refractivity contribution is 0.0950. The third-order valence-electron chi connectivity index (χ3n) is 2.78. The molecule has 1 aromatic heterocycles. The van der Waals surface area contributed by atoms with Gasteiger partial charge in [0.25, 0.3) is 5.91 Å². The monoisotopic (exact) mass is 372 g/mol. The van der Waals surface area contributed by atoms with Crippen molar-refractivity contribution in [1.82, 2.24) is 10.4 Å². The Morgan fingerprint density at radius 1 is 1.26 bits per heavy atom. The summed E-state index contributed by atoms with van der Waals surface area (Å²) < 4.78 is 5.04. The van der Waals surface area contributed by atoms with Gasteiger partial charge in [0, 0.05) is 0 Å². The van der Waals surface area contributed by atoms with Crippen molar-refractivity contribution in [2.24, 2.45) is 5.10 Å². The minimum Gasteiger partial charge on any atom is -0.497 e. The fourth-order valence-electron chi connectivity index (χ4n) is 1.59. The molecule has 0 fully saturated rings. The Hall–Kier alpha value is -2.02. The zero-order valence-corrected chi connectivity index (χ0v) is 14.1. The van der Waals surface area contributed by atoms with Gasteiger partial charge in [-0.1, -0.05) is 34.8 Å². The van der Waals surface area contributed by atoms with Gasteiger partial charge < -0.3 is 10.5 Å². The second kappa shape index (κ2) is 7.50. The number of methoxy groups -OCH3 is 1. The number of rotatable bonds is 4. The molecule has 9 heteroatoms. The topological polar surface area (TPSA) is 89.6 Å². The second-order valence-corrected chi connectivity index (χ2v) is 5.38. The molecule has 0 aliphatic rings. The molecule has 23 heavy (non-hydrogen) atoms. The first-order valence-corrected chi connectivity index (χ1v) is 7.35. The Balaban J connectivity index is 2.11. The van der Waals surface area contributed by atoms with Gasteiger partial charge in [0.1, 0.15) is 10.8 Å². The van der Waals surface area contributed by atoms with E-state index in [1.165, 1.54) is 6.21 Å². The number of nitrogen functional groups attached to an aromatic ring is 1. The van der Waals surface area contributed by atoms with Crippen LogP contribution in [0.2, 0.25) is 15.2 Å². The largest absolute Gasteiger partial charge is 0.497 e. The summed E-state index contributed by atoms with van der Waals surface area (Å²) in [6.45, 7) is 0. The van der Waals surface area contributed by atoms with E-state index < -0.39 is 5.91 Å². The summed E-state index contributed by atoms with van der Waals surface area (Å²) in [5.41, 5.74) is 8.52. The lowest BCUT2D eigenvalue weighted by Crippen LogP contribution is -2.20. The number of pyridine rings is 1. The van der Waals surface area contributed by atoms with Gasteiger partial charge in [-0.15, -0.1) is 0 Å². The summed E-state index contributed by atoms with van der Waals surface area (Å²) in [5, 5.41) is 3.61. The molecular formula is C14H11Cl3N4O2. The van der Waals surface area contributed by atoms with Crippen LogP contribution in [0.3, 0.4) is 0 Å². The number of carbonyl (C=O) groups is 1. The first-order valence-electron chi connectivity index (χ1n) is 6.21. The molecule has 6 nitrogen and oxygen atoms in total. The lowest BCUT2D eigenvalue weighted by Gasteiger charge is -2.07. The molecule has 0 spiro atoms. The van der Waals surface area contributed by atoms with Gasteiger partial charge in [-0.3, -0.25) is 4.79 Å². The van der Waals surface area contributed by atoms with Crippen LogP contribution in [-0.2, 0) is 0 Å². The first kappa shape index (κ1) is 17.3. The van der Waals surface area contributed by atoms with Gasteiger partial charge in [-0.05, 0) is 29.8 Å². The van der Waals surface area contributed by atoms with E-state index in [0.29, 0.717) is 5.75 Å². The average Bonchev–Trinajstić information content (AvgIpc) is 2.56. The summed E-state index contributed by atoms with van der Waals surface area (Å²) in [6, 6.07) is 7.08. The average molecular weight is 374 g/mol. The maximum absolute atomic E-state index is 12.0. The normalized spacial score (nSPS) is 10.8.